The van der Waals surface area contributed by atoms with Crippen LogP contribution in [0.4, 0.5) is 10.1 Å². The lowest BCUT2D eigenvalue weighted by Gasteiger charge is -2.17. The number of aromatic nitrogens is 1. The fraction of sp³-hybridized carbons (Fsp3) is 0.238. The second-order valence-corrected chi connectivity index (χ2v) is 8.26. The summed E-state index contributed by atoms with van der Waals surface area (Å²) in [7, 11) is 0. The maximum absolute atomic E-state index is 13.4. The number of benzene rings is 2. The summed E-state index contributed by atoms with van der Waals surface area (Å²) in [4.78, 5) is 17.2. The molecule has 0 saturated heterocycles. The predicted octanol–water partition coefficient (Wildman–Crippen LogP) is 3.69. The SMILES string of the molecule is CCc1csc([C@H](Cc2ccc(NS(=O)[O-])cc2)NC(=O)Cc2cccc(F)c2)n1. The molecule has 1 aromatic heterocycles. The van der Waals surface area contributed by atoms with Gasteiger partial charge in [-0.15, -0.1) is 11.3 Å². The van der Waals surface area contributed by atoms with E-state index < -0.39 is 11.3 Å². The van der Waals surface area contributed by atoms with Gasteiger partial charge in [-0.1, -0.05) is 31.2 Å². The summed E-state index contributed by atoms with van der Waals surface area (Å²) < 4.78 is 37.2. The van der Waals surface area contributed by atoms with Gasteiger partial charge in [0.15, 0.2) is 0 Å². The highest BCUT2D eigenvalue weighted by atomic mass is 32.2. The van der Waals surface area contributed by atoms with Gasteiger partial charge < -0.3 is 14.6 Å². The summed E-state index contributed by atoms with van der Waals surface area (Å²) in [5.41, 5.74) is 2.93. The number of thiazole rings is 1. The summed E-state index contributed by atoms with van der Waals surface area (Å²) in [6.07, 6.45) is 1.36. The Bertz CT molecular complexity index is 1020. The van der Waals surface area contributed by atoms with Crippen molar-refractivity contribution in [2.24, 2.45) is 0 Å². The molecule has 9 heteroatoms. The van der Waals surface area contributed by atoms with E-state index in [1.165, 1.54) is 23.5 Å². The minimum absolute atomic E-state index is 0.0679. The highest BCUT2D eigenvalue weighted by Gasteiger charge is 2.19. The summed E-state index contributed by atoms with van der Waals surface area (Å²) in [6.45, 7) is 2.02. The van der Waals surface area contributed by atoms with E-state index in [4.69, 9.17) is 0 Å². The molecule has 1 unspecified atom stereocenters. The molecule has 1 amide bonds. The predicted molar refractivity (Wildman–Crippen MR) is 115 cm³/mol. The highest BCUT2D eigenvalue weighted by molar-refractivity contribution is 7.80. The van der Waals surface area contributed by atoms with Crippen molar-refractivity contribution in [3.8, 4) is 0 Å². The van der Waals surface area contributed by atoms with Gasteiger partial charge in [0.25, 0.3) is 0 Å². The van der Waals surface area contributed by atoms with Crippen LogP contribution in [0.1, 0.15) is 34.8 Å². The molecular weight excluding hydrogens is 425 g/mol. The molecule has 0 bridgehead atoms. The number of carbonyl (C=O) groups excluding carboxylic acids is 1. The van der Waals surface area contributed by atoms with Gasteiger partial charge in [0.2, 0.25) is 5.91 Å². The highest BCUT2D eigenvalue weighted by Crippen LogP contribution is 2.24. The zero-order chi connectivity index (χ0) is 21.5. The molecule has 3 rings (SSSR count). The Morgan fingerprint density at radius 2 is 2.00 bits per heavy atom. The van der Waals surface area contributed by atoms with E-state index in [1.54, 1.807) is 36.4 Å². The van der Waals surface area contributed by atoms with Crippen LogP contribution >= 0.6 is 11.3 Å². The van der Waals surface area contributed by atoms with Gasteiger partial charge in [-0.2, -0.15) is 0 Å². The number of nitrogens with one attached hydrogen (secondary N) is 2. The Balaban J connectivity index is 1.74. The van der Waals surface area contributed by atoms with Crippen LogP contribution in [0.3, 0.4) is 0 Å². The molecule has 2 aromatic carbocycles. The fourth-order valence-electron chi connectivity index (χ4n) is 2.96. The monoisotopic (exact) mass is 446 g/mol. The first-order valence-electron chi connectivity index (χ1n) is 9.36. The van der Waals surface area contributed by atoms with E-state index in [-0.39, 0.29) is 24.2 Å². The normalized spacial score (nSPS) is 12.9. The van der Waals surface area contributed by atoms with Crippen molar-refractivity contribution in [3.05, 3.63) is 81.6 Å². The number of rotatable bonds is 9. The van der Waals surface area contributed by atoms with E-state index in [0.717, 1.165) is 22.7 Å². The van der Waals surface area contributed by atoms with Crippen LogP contribution in [0, 0.1) is 5.82 Å². The fourth-order valence-corrected chi connectivity index (χ4v) is 4.24. The second-order valence-electron chi connectivity index (χ2n) is 6.70. The number of aryl methyl sites for hydroxylation is 1. The van der Waals surface area contributed by atoms with Gasteiger partial charge in [0.1, 0.15) is 10.8 Å². The average molecular weight is 447 g/mol. The standard InChI is InChI=1S/C21H22FN3O3S2/c1-2-17-13-29-21(23-17)19(11-14-6-8-18(9-7-14)25-30(27)28)24-20(26)12-15-4-3-5-16(22)10-15/h3-10,13,19,25H,2,11-12H2,1H3,(H,24,26)(H,27,28)/p-1/t19-/m0/s1. The Morgan fingerprint density at radius 3 is 2.63 bits per heavy atom. The molecule has 158 valence electrons. The Morgan fingerprint density at radius 1 is 1.23 bits per heavy atom. The van der Waals surface area contributed by atoms with Crippen molar-refractivity contribution < 1.29 is 17.9 Å². The molecule has 0 spiro atoms. The van der Waals surface area contributed by atoms with Crippen LogP contribution in [0.2, 0.25) is 0 Å². The van der Waals surface area contributed by atoms with E-state index in [9.17, 15) is 17.9 Å². The molecule has 2 atom stereocenters. The molecular formula is C21H21FN3O3S2-. The zero-order valence-corrected chi connectivity index (χ0v) is 17.9. The van der Waals surface area contributed by atoms with Crippen LogP contribution in [0.15, 0.2) is 53.9 Å². The molecule has 3 aromatic rings. The third-order valence-corrected chi connectivity index (χ3v) is 5.82. The van der Waals surface area contributed by atoms with E-state index >= 15 is 0 Å². The van der Waals surface area contributed by atoms with Gasteiger partial charge in [0.05, 0.1) is 18.2 Å². The van der Waals surface area contributed by atoms with Crippen molar-refractivity contribution in [2.75, 3.05) is 4.72 Å². The molecule has 2 N–H and O–H groups in total. The summed E-state index contributed by atoms with van der Waals surface area (Å²) >= 11 is -0.899. The number of halogens is 1. The van der Waals surface area contributed by atoms with Crippen LogP contribution in [0.5, 0.6) is 0 Å². The first-order valence-corrected chi connectivity index (χ1v) is 11.3. The quantitative estimate of drug-likeness (QED) is 0.490. The Hall–Kier alpha value is -2.62. The minimum Gasteiger partial charge on any atom is -0.755 e. The molecule has 30 heavy (non-hydrogen) atoms. The van der Waals surface area contributed by atoms with Gasteiger partial charge in [-0.3, -0.25) is 9.00 Å². The molecule has 0 aliphatic rings. The number of hydrogen-bond acceptors (Lipinski definition) is 5. The zero-order valence-electron chi connectivity index (χ0n) is 16.3. The van der Waals surface area contributed by atoms with Crippen molar-refractivity contribution in [1.82, 2.24) is 10.3 Å². The number of hydrogen-bond donors (Lipinski definition) is 2. The van der Waals surface area contributed by atoms with Crippen molar-refractivity contribution in [2.45, 2.75) is 32.2 Å². The van der Waals surface area contributed by atoms with Crippen LogP contribution in [-0.2, 0) is 35.3 Å². The topological polar surface area (TPSA) is 94.1 Å². The van der Waals surface area contributed by atoms with Gasteiger partial charge in [0, 0.05) is 22.3 Å². The van der Waals surface area contributed by atoms with E-state index in [1.807, 2.05) is 12.3 Å². The molecule has 0 aliphatic heterocycles. The molecule has 0 fully saturated rings. The lowest BCUT2D eigenvalue weighted by molar-refractivity contribution is -0.121. The van der Waals surface area contributed by atoms with Gasteiger partial charge in [-0.05, 0) is 48.2 Å². The first-order chi connectivity index (χ1) is 14.4. The third kappa shape index (κ3) is 6.45. The second kappa shape index (κ2) is 10.4. The lowest BCUT2D eigenvalue weighted by atomic mass is 10.0. The lowest BCUT2D eigenvalue weighted by Crippen LogP contribution is -2.31. The van der Waals surface area contributed by atoms with Crippen LogP contribution in [-0.4, -0.2) is 19.7 Å². The number of nitrogens with zero attached hydrogens (tertiary/aromatic N) is 1. The van der Waals surface area contributed by atoms with Crippen molar-refractivity contribution >= 4 is 34.2 Å². The Labute approximate surface area is 181 Å². The largest absolute Gasteiger partial charge is 0.755 e. The minimum atomic E-state index is -2.38. The number of carbonyl (C=O) groups is 1. The smallest absolute Gasteiger partial charge is 0.224 e. The van der Waals surface area contributed by atoms with E-state index in [2.05, 4.69) is 15.0 Å². The third-order valence-electron chi connectivity index (χ3n) is 4.41. The molecule has 1 heterocycles. The maximum Gasteiger partial charge on any atom is 0.224 e. The van der Waals surface area contributed by atoms with Crippen molar-refractivity contribution in [1.29, 1.82) is 0 Å². The number of anilines is 1. The first kappa shape index (κ1) is 22.1. The molecule has 0 aliphatic carbocycles. The maximum atomic E-state index is 13.4. The summed E-state index contributed by atoms with van der Waals surface area (Å²) in [5, 5.41) is 5.77. The summed E-state index contributed by atoms with van der Waals surface area (Å²) in [6, 6.07) is 12.6. The van der Waals surface area contributed by atoms with Crippen LogP contribution in [0.25, 0.3) is 0 Å². The Kier molecular flexibility index (Phi) is 7.67. The molecule has 6 nitrogen and oxygen atoms in total. The van der Waals surface area contributed by atoms with Gasteiger partial charge in [-0.25, -0.2) is 9.37 Å². The average Bonchev–Trinajstić information content (AvgIpc) is 3.18. The van der Waals surface area contributed by atoms with Gasteiger partial charge >= 0.3 is 0 Å². The summed E-state index contributed by atoms with van der Waals surface area (Å²) in [5.74, 6) is -0.601. The van der Waals surface area contributed by atoms with E-state index in [0.29, 0.717) is 17.7 Å². The number of amides is 1. The molecule has 0 saturated carbocycles. The van der Waals surface area contributed by atoms with Crippen LogP contribution < -0.4 is 10.0 Å². The molecule has 0 radical (unpaired) electrons. The van der Waals surface area contributed by atoms with Crippen molar-refractivity contribution in [3.63, 3.8) is 0 Å².